The number of tetrazole rings is 1. The van der Waals surface area contributed by atoms with Crippen LogP contribution in [0, 0.1) is 0 Å². The number of ether oxygens (including phenoxy) is 1. The van der Waals surface area contributed by atoms with Gasteiger partial charge in [0.05, 0.1) is 7.11 Å². The molecular weight excluding hydrogens is 246 g/mol. The van der Waals surface area contributed by atoms with Crippen molar-refractivity contribution in [2.45, 2.75) is 18.9 Å². The van der Waals surface area contributed by atoms with Gasteiger partial charge < -0.3 is 15.2 Å². The van der Waals surface area contributed by atoms with Crippen molar-refractivity contribution >= 4 is 17.8 Å². The number of hydrogen-bond acceptors (Lipinski definition) is 7. The molecule has 0 fully saturated rings. The lowest BCUT2D eigenvalue weighted by Gasteiger charge is -2.12. The van der Waals surface area contributed by atoms with Crippen LogP contribution in [0.3, 0.4) is 0 Å². The largest absolute Gasteiger partial charge is 0.480 e. The highest BCUT2D eigenvalue weighted by atomic mass is 16.5. The molecule has 1 heterocycles. The predicted octanol–water partition coefficient (Wildman–Crippen LogP) is -1.66. The summed E-state index contributed by atoms with van der Waals surface area (Å²) in [6, 6.07) is -1.23. The molecule has 0 aliphatic rings. The van der Waals surface area contributed by atoms with Gasteiger partial charge in [-0.3, -0.25) is 9.59 Å². The van der Waals surface area contributed by atoms with E-state index in [4.69, 9.17) is 5.11 Å². The zero-order valence-corrected chi connectivity index (χ0v) is 9.41. The van der Waals surface area contributed by atoms with E-state index in [-0.39, 0.29) is 18.7 Å². The number of carbonyl (C=O) groups excluding carboxylic acids is 2. The summed E-state index contributed by atoms with van der Waals surface area (Å²) in [5.41, 5.74) is 0. The van der Waals surface area contributed by atoms with E-state index in [1.165, 1.54) is 7.11 Å². The SMILES string of the molecule is COC(=O)CCC(NC(=O)c1nn[nH]n1)C(=O)O. The Morgan fingerprint density at radius 2 is 2.22 bits per heavy atom. The van der Waals surface area contributed by atoms with Crippen LogP contribution in [0.4, 0.5) is 0 Å². The molecule has 1 unspecified atom stereocenters. The average molecular weight is 257 g/mol. The summed E-state index contributed by atoms with van der Waals surface area (Å²) in [7, 11) is 1.19. The second-order valence-corrected chi connectivity index (χ2v) is 3.21. The molecular formula is C8H11N5O5. The monoisotopic (exact) mass is 257 g/mol. The highest BCUT2D eigenvalue weighted by Crippen LogP contribution is 2.00. The molecule has 0 aliphatic carbocycles. The number of rotatable bonds is 6. The number of nitrogens with zero attached hydrogens (tertiary/aromatic N) is 3. The molecule has 0 aliphatic heterocycles. The van der Waals surface area contributed by atoms with Crippen LogP contribution in [0.25, 0.3) is 0 Å². The molecule has 1 rings (SSSR count). The predicted molar refractivity (Wildman–Crippen MR) is 54.3 cm³/mol. The minimum Gasteiger partial charge on any atom is -0.480 e. The smallest absolute Gasteiger partial charge is 0.326 e. The quantitative estimate of drug-likeness (QED) is 0.513. The van der Waals surface area contributed by atoms with E-state index in [0.29, 0.717) is 0 Å². The van der Waals surface area contributed by atoms with Crippen LogP contribution in [-0.4, -0.2) is 56.7 Å². The summed E-state index contributed by atoms with van der Waals surface area (Å²) in [5.74, 6) is -2.90. The van der Waals surface area contributed by atoms with Crippen molar-refractivity contribution in [1.82, 2.24) is 25.9 Å². The number of esters is 1. The molecule has 1 atom stereocenters. The zero-order chi connectivity index (χ0) is 13.5. The van der Waals surface area contributed by atoms with Gasteiger partial charge in [-0.05, 0) is 11.6 Å². The van der Waals surface area contributed by atoms with Crippen LogP contribution in [0.1, 0.15) is 23.5 Å². The lowest BCUT2D eigenvalue weighted by Crippen LogP contribution is -2.41. The van der Waals surface area contributed by atoms with Crippen molar-refractivity contribution in [3.63, 3.8) is 0 Å². The number of aromatic amines is 1. The molecule has 0 spiro atoms. The number of carboxylic acid groups (broad SMARTS) is 1. The van der Waals surface area contributed by atoms with Gasteiger partial charge in [0.2, 0.25) is 0 Å². The maximum absolute atomic E-state index is 11.5. The number of H-pyrrole nitrogens is 1. The Kier molecular flexibility index (Phi) is 4.72. The van der Waals surface area contributed by atoms with Crippen LogP contribution in [0.2, 0.25) is 0 Å². The summed E-state index contributed by atoms with van der Waals surface area (Å²) in [6.07, 6.45) is -0.217. The molecule has 3 N–H and O–H groups in total. The fourth-order valence-electron chi connectivity index (χ4n) is 1.10. The number of aromatic nitrogens is 4. The van der Waals surface area contributed by atoms with E-state index < -0.39 is 23.9 Å². The third-order valence-electron chi connectivity index (χ3n) is 2.02. The Hall–Kier alpha value is -2.52. The molecule has 0 bridgehead atoms. The van der Waals surface area contributed by atoms with E-state index in [0.717, 1.165) is 0 Å². The highest BCUT2D eigenvalue weighted by molar-refractivity contribution is 5.93. The highest BCUT2D eigenvalue weighted by Gasteiger charge is 2.23. The van der Waals surface area contributed by atoms with E-state index in [1.807, 2.05) is 0 Å². The second-order valence-electron chi connectivity index (χ2n) is 3.21. The first-order valence-electron chi connectivity index (χ1n) is 4.88. The Bertz CT molecular complexity index is 431. The summed E-state index contributed by atoms with van der Waals surface area (Å²) < 4.78 is 4.37. The Morgan fingerprint density at radius 1 is 1.50 bits per heavy atom. The molecule has 0 saturated heterocycles. The summed E-state index contributed by atoms with van der Waals surface area (Å²) in [5, 5.41) is 23.1. The van der Waals surface area contributed by atoms with Gasteiger partial charge in [0.15, 0.2) is 0 Å². The normalized spacial score (nSPS) is 11.6. The topological polar surface area (TPSA) is 147 Å². The van der Waals surface area contributed by atoms with E-state index in [9.17, 15) is 14.4 Å². The maximum atomic E-state index is 11.5. The van der Waals surface area contributed by atoms with Crippen LogP contribution >= 0.6 is 0 Å². The third kappa shape index (κ3) is 3.81. The number of amides is 1. The molecule has 10 heteroatoms. The number of hydrogen-bond donors (Lipinski definition) is 3. The average Bonchev–Trinajstić information content (AvgIpc) is 2.87. The number of carboxylic acids is 1. The number of aliphatic carboxylic acids is 1. The summed E-state index contributed by atoms with van der Waals surface area (Å²) in [4.78, 5) is 33.2. The van der Waals surface area contributed by atoms with Gasteiger partial charge in [-0.2, -0.15) is 5.21 Å². The molecule has 0 radical (unpaired) electrons. The van der Waals surface area contributed by atoms with Crippen LogP contribution in [0.15, 0.2) is 0 Å². The van der Waals surface area contributed by atoms with Crippen molar-refractivity contribution in [1.29, 1.82) is 0 Å². The standard InChI is InChI=1S/C8H11N5O5/c1-18-5(14)3-2-4(8(16)17)9-7(15)6-10-12-13-11-6/h4H,2-3H2,1H3,(H,9,15)(H,16,17)(H,10,11,12,13). The number of methoxy groups -OCH3 is 1. The number of nitrogens with one attached hydrogen (secondary N) is 2. The van der Waals surface area contributed by atoms with Crippen molar-refractivity contribution in [2.24, 2.45) is 0 Å². The van der Waals surface area contributed by atoms with Crippen molar-refractivity contribution in [3.05, 3.63) is 5.82 Å². The Balaban J connectivity index is 2.55. The van der Waals surface area contributed by atoms with Crippen molar-refractivity contribution < 1.29 is 24.2 Å². The third-order valence-corrected chi connectivity index (χ3v) is 2.02. The molecule has 10 nitrogen and oxygen atoms in total. The molecule has 1 aromatic rings. The van der Waals surface area contributed by atoms with Crippen molar-refractivity contribution in [2.75, 3.05) is 7.11 Å². The van der Waals surface area contributed by atoms with Gasteiger partial charge in [0, 0.05) is 6.42 Å². The first-order valence-corrected chi connectivity index (χ1v) is 4.88. The van der Waals surface area contributed by atoms with Gasteiger partial charge in [-0.15, -0.1) is 10.2 Å². The molecule has 1 amide bonds. The van der Waals surface area contributed by atoms with Gasteiger partial charge in [-0.1, -0.05) is 0 Å². The summed E-state index contributed by atoms with van der Waals surface area (Å²) in [6.45, 7) is 0. The van der Waals surface area contributed by atoms with Gasteiger partial charge in [0.1, 0.15) is 6.04 Å². The zero-order valence-electron chi connectivity index (χ0n) is 9.41. The van der Waals surface area contributed by atoms with Crippen LogP contribution in [-0.2, 0) is 14.3 Å². The second kappa shape index (κ2) is 6.27. The molecule has 1 aromatic heterocycles. The van der Waals surface area contributed by atoms with Gasteiger partial charge >= 0.3 is 11.9 Å². The first-order chi connectivity index (χ1) is 8.54. The minimum absolute atomic E-state index is 0.0917. The maximum Gasteiger partial charge on any atom is 0.326 e. The Labute approximate surface area is 101 Å². The van der Waals surface area contributed by atoms with Crippen molar-refractivity contribution in [3.8, 4) is 0 Å². The van der Waals surface area contributed by atoms with E-state index >= 15 is 0 Å². The summed E-state index contributed by atoms with van der Waals surface area (Å²) >= 11 is 0. The fourth-order valence-corrected chi connectivity index (χ4v) is 1.10. The molecule has 0 aromatic carbocycles. The van der Waals surface area contributed by atoms with Gasteiger partial charge in [-0.25, -0.2) is 4.79 Å². The van der Waals surface area contributed by atoms with Gasteiger partial charge in [0.25, 0.3) is 11.7 Å². The van der Waals surface area contributed by atoms with Crippen LogP contribution < -0.4 is 5.32 Å². The van der Waals surface area contributed by atoms with E-state index in [2.05, 4.69) is 30.7 Å². The lowest BCUT2D eigenvalue weighted by molar-refractivity contribution is -0.142. The minimum atomic E-state index is -1.27. The Morgan fingerprint density at radius 3 is 2.72 bits per heavy atom. The molecule has 0 saturated carbocycles. The fraction of sp³-hybridized carbons (Fsp3) is 0.500. The van der Waals surface area contributed by atoms with Crippen LogP contribution in [0.5, 0.6) is 0 Å². The first kappa shape index (κ1) is 13.5. The number of carbonyl (C=O) groups is 3. The lowest BCUT2D eigenvalue weighted by atomic mass is 10.1. The molecule has 18 heavy (non-hydrogen) atoms. The molecule has 98 valence electrons. The van der Waals surface area contributed by atoms with E-state index in [1.54, 1.807) is 0 Å².